The van der Waals surface area contributed by atoms with Crippen molar-refractivity contribution in [3.8, 4) is 0 Å². The number of hydrogen-bond acceptors (Lipinski definition) is 5. The van der Waals surface area contributed by atoms with Gasteiger partial charge in [-0.3, -0.25) is 9.59 Å². The topological polar surface area (TPSA) is 65.7 Å². The zero-order valence-electron chi connectivity index (χ0n) is 12.3. The van der Waals surface area contributed by atoms with Crippen molar-refractivity contribution in [1.82, 2.24) is 0 Å². The Kier molecular flexibility index (Phi) is 4.88. The van der Waals surface area contributed by atoms with E-state index in [1.165, 1.54) is 14.2 Å². The van der Waals surface area contributed by atoms with E-state index in [9.17, 15) is 9.59 Å². The molecule has 21 heavy (non-hydrogen) atoms. The Balaban J connectivity index is 2.29. The summed E-state index contributed by atoms with van der Waals surface area (Å²) in [6.45, 7) is 1.95. The Hall–Kier alpha value is -1.98. The first-order valence-electron chi connectivity index (χ1n) is 6.74. The first-order valence-corrected chi connectivity index (χ1v) is 6.74. The van der Waals surface area contributed by atoms with Gasteiger partial charge in [-0.05, 0) is 12.5 Å². The molecule has 0 radical (unpaired) electrons. The van der Waals surface area contributed by atoms with Gasteiger partial charge in [-0.2, -0.15) is 0 Å². The predicted octanol–water partition coefficient (Wildman–Crippen LogP) is 2.76. The normalized spacial score (nSPS) is 11.2. The van der Waals surface area contributed by atoms with Gasteiger partial charge in [0.15, 0.2) is 11.5 Å². The molecule has 2 rings (SSSR count). The molecule has 5 heteroatoms. The highest BCUT2D eigenvalue weighted by Crippen LogP contribution is 2.27. The minimum atomic E-state index is -1.02. The summed E-state index contributed by atoms with van der Waals surface area (Å²) in [5.74, 6) is -0.530. The van der Waals surface area contributed by atoms with E-state index in [4.69, 9.17) is 13.9 Å². The second-order valence-corrected chi connectivity index (χ2v) is 4.63. The van der Waals surface area contributed by atoms with Crippen LogP contribution < -0.4 is 0 Å². The Bertz CT molecular complexity index is 652. The first kappa shape index (κ1) is 15.4. The second kappa shape index (κ2) is 6.65. The third-order valence-electron chi connectivity index (χ3n) is 3.33. The zero-order chi connectivity index (χ0) is 15.4. The number of rotatable bonds is 7. The predicted molar refractivity (Wildman–Crippen MR) is 77.4 cm³/mol. The number of fused-ring (bicyclic) bond motifs is 1. The maximum absolute atomic E-state index is 12.3. The fourth-order valence-corrected chi connectivity index (χ4v) is 2.36. The molecule has 0 unspecified atom stereocenters. The molecule has 0 aliphatic rings. The van der Waals surface area contributed by atoms with Crippen LogP contribution in [0.25, 0.3) is 11.0 Å². The fraction of sp³-hybridized carbons (Fsp3) is 0.375. The average Bonchev–Trinajstić information content (AvgIpc) is 2.87. The molecule has 5 nitrogen and oxygen atoms in total. The maximum Gasteiger partial charge on any atom is 0.217 e. The van der Waals surface area contributed by atoms with Crippen LogP contribution in [0.5, 0.6) is 0 Å². The molecule has 2 aromatic rings. The molecule has 0 fully saturated rings. The largest absolute Gasteiger partial charge is 0.453 e. The maximum atomic E-state index is 12.3. The van der Waals surface area contributed by atoms with Crippen molar-refractivity contribution in [3.05, 3.63) is 35.6 Å². The van der Waals surface area contributed by atoms with Crippen molar-refractivity contribution in [2.45, 2.75) is 26.1 Å². The standard InChI is InChI=1S/C16H18O5/c1-4-10-11-7-5-6-8-14(11)21-15(10)12(17)9-13(18)16(19-2)20-3/h5-8,16H,4,9H2,1-3H3. The fourth-order valence-electron chi connectivity index (χ4n) is 2.36. The van der Waals surface area contributed by atoms with Gasteiger partial charge in [0, 0.05) is 25.2 Å². The highest BCUT2D eigenvalue weighted by molar-refractivity contribution is 6.10. The van der Waals surface area contributed by atoms with Gasteiger partial charge in [-0.25, -0.2) is 0 Å². The Labute approximate surface area is 122 Å². The monoisotopic (exact) mass is 290 g/mol. The van der Waals surface area contributed by atoms with E-state index in [0.29, 0.717) is 12.0 Å². The van der Waals surface area contributed by atoms with Crippen LogP contribution in [0, 0.1) is 0 Å². The summed E-state index contributed by atoms with van der Waals surface area (Å²) in [6, 6.07) is 7.45. The minimum Gasteiger partial charge on any atom is -0.453 e. The molecule has 0 aliphatic carbocycles. The van der Waals surface area contributed by atoms with E-state index in [1.54, 1.807) is 6.07 Å². The van der Waals surface area contributed by atoms with Gasteiger partial charge in [0.05, 0.1) is 6.42 Å². The number of hydrogen-bond donors (Lipinski definition) is 0. The smallest absolute Gasteiger partial charge is 0.217 e. The van der Waals surface area contributed by atoms with Crippen LogP contribution in [0.3, 0.4) is 0 Å². The molecule has 1 aromatic heterocycles. The molecule has 0 N–H and O–H groups in total. The third-order valence-corrected chi connectivity index (χ3v) is 3.33. The Morgan fingerprint density at radius 1 is 1.19 bits per heavy atom. The molecule has 0 saturated carbocycles. The summed E-state index contributed by atoms with van der Waals surface area (Å²) in [5.41, 5.74) is 1.48. The molecular weight excluding hydrogens is 272 g/mol. The van der Waals surface area contributed by atoms with Gasteiger partial charge < -0.3 is 13.9 Å². The van der Waals surface area contributed by atoms with Crippen molar-refractivity contribution < 1.29 is 23.5 Å². The Morgan fingerprint density at radius 2 is 1.86 bits per heavy atom. The molecular formula is C16H18O5. The van der Waals surface area contributed by atoms with Crippen LogP contribution in [-0.4, -0.2) is 32.1 Å². The van der Waals surface area contributed by atoms with Crippen LogP contribution in [-0.2, 0) is 20.7 Å². The molecule has 0 bridgehead atoms. The van der Waals surface area contributed by atoms with E-state index in [1.807, 2.05) is 25.1 Å². The molecule has 0 aliphatic heterocycles. The molecule has 1 heterocycles. The summed E-state index contributed by atoms with van der Waals surface area (Å²) in [7, 11) is 2.71. The molecule has 0 saturated heterocycles. The van der Waals surface area contributed by atoms with Crippen molar-refractivity contribution >= 4 is 22.5 Å². The number of aryl methyl sites for hydroxylation is 1. The van der Waals surface area contributed by atoms with Crippen LogP contribution >= 0.6 is 0 Å². The number of furan rings is 1. The number of ether oxygens (including phenoxy) is 2. The average molecular weight is 290 g/mol. The number of ketones is 2. The third kappa shape index (κ3) is 3.04. The lowest BCUT2D eigenvalue weighted by molar-refractivity contribution is -0.155. The lowest BCUT2D eigenvalue weighted by Gasteiger charge is -2.10. The lowest BCUT2D eigenvalue weighted by atomic mass is 10.0. The highest BCUT2D eigenvalue weighted by Gasteiger charge is 2.25. The molecule has 1 aromatic carbocycles. The molecule has 0 spiro atoms. The van der Waals surface area contributed by atoms with E-state index >= 15 is 0 Å². The van der Waals surface area contributed by atoms with Crippen LogP contribution in [0.2, 0.25) is 0 Å². The zero-order valence-corrected chi connectivity index (χ0v) is 12.3. The summed E-state index contributed by atoms with van der Waals surface area (Å²) >= 11 is 0. The van der Waals surface area contributed by atoms with Gasteiger partial charge >= 0.3 is 0 Å². The first-order chi connectivity index (χ1) is 10.1. The van der Waals surface area contributed by atoms with Gasteiger partial charge in [0.25, 0.3) is 0 Å². The van der Waals surface area contributed by atoms with Crippen molar-refractivity contribution in [2.24, 2.45) is 0 Å². The van der Waals surface area contributed by atoms with E-state index in [0.717, 1.165) is 10.9 Å². The van der Waals surface area contributed by atoms with Gasteiger partial charge in [0.1, 0.15) is 5.58 Å². The number of benzene rings is 1. The van der Waals surface area contributed by atoms with Crippen LogP contribution in [0.4, 0.5) is 0 Å². The summed E-state index contributed by atoms with van der Waals surface area (Å²) in [4.78, 5) is 24.2. The van der Waals surface area contributed by atoms with Crippen LogP contribution in [0.15, 0.2) is 28.7 Å². The van der Waals surface area contributed by atoms with Crippen molar-refractivity contribution in [3.63, 3.8) is 0 Å². The number of Topliss-reactive ketones (excluding diaryl/α,β-unsaturated/α-hetero) is 2. The molecule has 112 valence electrons. The Morgan fingerprint density at radius 3 is 2.48 bits per heavy atom. The number of carbonyl (C=O) groups excluding carboxylic acids is 2. The second-order valence-electron chi connectivity index (χ2n) is 4.63. The quantitative estimate of drug-likeness (QED) is 0.445. The SMILES string of the molecule is CCc1c(C(=O)CC(=O)C(OC)OC)oc2ccccc12. The summed E-state index contributed by atoms with van der Waals surface area (Å²) < 4.78 is 15.3. The number of para-hydroxylation sites is 1. The van der Waals surface area contributed by atoms with Gasteiger partial charge in [-0.15, -0.1) is 0 Å². The number of methoxy groups -OCH3 is 2. The summed E-state index contributed by atoms with van der Waals surface area (Å²) in [6.07, 6.45) is -0.674. The highest BCUT2D eigenvalue weighted by atomic mass is 16.7. The van der Waals surface area contributed by atoms with E-state index in [2.05, 4.69) is 0 Å². The lowest BCUT2D eigenvalue weighted by Crippen LogP contribution is -2.27. The molecule has 0 amide bonds. The van der Waals surface area contributed by atoms with Crippen molar-refractivity contribution in [1.29, 1.82) is 0 Å². The van der Waals surface area contributed by atoms with Gasteiger partial charge in [0.2, 0.25) is 12.1 Å². The molecule has 0 atom stereocenters. The minimum absolute atomic E-state index is 0.248. The number of carbonyl (C=O) groups is 2. The van der Waals surface area contributed by atoms with Gasteiger partial charge in [-0.1, -0.05) is 25.1 Å². The van der Waals surface area contributed by atoms with E-state index in [-0.39, 0.29) is 18.0 Å². The van der Waals surface area contributed by atoms with Crippen LogP contribution in [0.1, 0.15) is 29.5 Å². The van der Waals surface area contributed by atoms with Crippen molar-refractivity contribution in [2.75, 3.05) is 14.2 Å². The van der Waals surface area contributed by atoms with E-state index < -0.39 is 12.1 Å². The summed E-state index contributed by atoms with van der Waals surface area (Å²) in [5, 5.41) is 0.908.